The van der Waals surface area contributed by atoms with Crippen LogP contribution in [0.15, 0.2) is 16.6 Å². The summed E-state index contributed by atoms with van der Waals surface area (Å²) in [5.41, 5.74) is -6.09. The second-order valence-corrected chi connectivity index (χ2v) is 7.15. The first-order chi connectivity index (χ1) is 10.4. The molecule has 1 aromatic rings. The maximum Gasteiger partial charge on any atom is 0.311 e. The van der Waals surface area contributed by atoms with Crippen molar-refractivity contribution in [3.63, 3.8) is 0 Å². The molecule has 2 atom stereocenters. The highest BCUT2D eigenvalue weighted by Crippen LogP contribution is 2.79. The first-order valence-electron chi connectivity index (χ1n) is 6.47. The highest BCUT2D eigenvalue weighted by Gasteiger charge is 2.84. The standard InChI is InChI=1S/C15H12Cl2F4O2/c1-13(2)14(3,12(22)23)15(13,5-8(16)17)9-10(20)6(18)4-7(19)11(9)21/h4-5H,1-3H3,(H,22,23). The molecule has 0 saturated heterocycles. The van der Waals surface area contributed by atoms with Gasteiger partial charge in [0.2, 0.25) is 0 Å². The molecule has 1 aliphatic carbocycles. The molecule has 23 heavy (non-hydrogen) atoms. The van der Waals surface area contributed by atoms with E-state index >= 15 is 0 Å². The predicted molar refractivity (Wildman–Crippen MR) is 77.3 cm³/mol. The molecule has 2 unspecified atom stereocenters. The van der Waals surface area contributed by atoms with Gasteiger partial charge in [-0.3, -0.25) is 4.79 Å². The van der Waals surface area contributed by atoms with Crippen molar-refractivity contribution >= 4 is 29.2 Å². The number of hydrogen-bond donors (Lipinski definition) is 1. The van der Waals surface area contributed by atoms with Gasteiger partial charge in [-0.2, -0.15) is 0 Å². The zero-order valence-corrected chi connectivity index (χ0v) is 13.8. The number of benzene rings is 1. The fraction of sp³-hybridized carbons (Fsp3) is 0.400. The minimum atomic E-state index is -1.96. The fourth-order valence-corrected chi connectivity index (χ4v) is 3.94. The van der Waals surface area contributed by atoms with Gasteiger partial charge in [0.25, 0.3) is 0 Å². The Balaban J connectivity index is 2.97. The van der Waals surface area contributed by atoms with Crippen LogP contribution >= 0.6 is 23.2 Å². The Morgan fingerprint density at radius 2 is 1.52 bits per heavy atom. The van der Waals surface area contributed by atoms with Crippen molar-refractivity contribution < 1.29 is 27.5 Å². The molecule has 0 radical (unpaired) electrons. The lowest BCUT2D eigenvalue weighted by atomic mass is 9.84. The Morgan fingerprint density at radius 3 is 1.83 bits per heavy atom. The van der Waals surface area contributed by atoms with Gasteiger partial charge < -0.3 is 5.11 Å². The molecule has 1 aromatic carbocycles. The second kappa shape index (κ2) is 5.11. The molecule has 1 N–H and O–H groups in total. The summed E-state index contributed by atoms with van der Waals surface area (Å²) in [6, 6.07) is 0.0569. The third kappa shape index (κ3) is 1.97. The molecule has 0 aliphatic heterocycles. The summed E-state index contributed by atoms with van der Waals surface area (Å²) in [6.07, 6.45) is 0.921. The molecule has 2 nitrogen and oxygen atoms in total. The molecule has 2 rings (SSSR count). The molecule has 8 heteroatoms. The molecule has 0 heterocycles. The first-order valence-corrected chi connectivity index (χ1v) is 7.22. The highest BCUT2D eigenvalue weighted by atomic mass is 35.5. The molecule has 1 aliphatic rings. The maximum absolute atomic E-state index is 14.3. The predicted octanol–water partition coefficient (Wildman–Crippen LogP) is 4.93. The smallest absolute Gasteiger partial charge is 0.311 e. The summed E-state index contributed by atoms with van der Waals surface area (Å²) in [6.45, 7) is 4.01. The number of hydrogen-bond acceptors (Lipinski definition) is 1. The molecule has 0 amide bonds. The molecular formula is C15H12Cl2F4O2. The van der Waals surface area contributed by atoms with Gasteiger partial charge in [0, 0.05) is 17.0 Å². The van der Waals surface area contributed by atoms with E-state index in [0.29, 0.717) is 0 Å². The number of aliphatic carboxylic acids is 1. The summed E-state index contributed by atoms with van der Waals surface area (Å²) in [7, 11) is 0. The summed E-state index contributed by atoms with van der Waals surface area (Å²) in [5.74, 6) is -8.02. The van der Waals surface area contributed by atoms with Crippen LogP contribution in [-0.4, -0.2) is 11.1 Å². The minimum Gasteiger partial charge on any atom is -0.481 e. The van der Waals surface area contributed by atoms with Crippen LogP contribution in [0.25, 0.3) is 0 Å². The van der Waals surface area contributed by atoms with E-state index in [1.165, 1.54) is 20.8 Å². The largest absolute Gasteiger partial charge is 0.481 e. The van der Waals surface area contributed by atoms with Crippen molar-refractivity contribution in [2.75, 3.05) is 0 Å². The van der Waals surface area contributed by atoms with E-state index in [1.807, 2.05) is 0 Å². The third-order valence-corrected chi connectivity index (χ3v) is 5.44. The minimum absolute atomic E-state index is 0.0569. The second-order valence-electron chi connectivity index (χ2n) is 6.14. The number of allylic oxidation sites excluding steroid dienone is 1. The normalized spacial score (nSPS) is 28.4. The Kier molecular flexibility index (Phi) is 4.02. The van der Waals surface area contributed by atoms with Gasteiger partial charge in [-0.05, 0) is 18.4 Å². The number of carboxylic acids is 1. The Morgan fingerprint density at radius 1 is 1.09 bits per heavy atom. The number of halogens is 6. The van der Waals surface area contributed by atoms with Gasteiger partial charge in [-0.15, -0.1) is 0 Å². The van der Waals surface area contributed by atoms with Crippen LogP contribution in [0.1, 0.15) is 26.3 Å². The van der Waals surface area contributed by atoms with Crippen molar-refractivity contribution in [2.45, 2.75) is 26.2 Å². The zero-order chi connectivity index (χ0) is 18.0. The van der Waals surface area contributed by atoms with E-state index in [0.717, 1.165) is 6.08 Å². The van der Waals surface area contributed by atoms with E-state index in [9.17, 15) is 27.5 Å². The quantitative estimate of drug-likeness (QED) is 0.604. The highest BCUT2D eigenvalue weighted by molar-refractivity contribution is 6.56. The summed E-state index contributed by atoms with van der Waals surface area (Å²) < 4.78 is 55.3. The van der Waals surface area contributed by atoms with Crippen LogP contribution < -0.4 is 0 Å². The maximum atomic E-state index is 14.3. The van der Waals surface area contributed by atoms with Crippen molar-refractivity contribution in [1.29, 1.82) is 0 Å². The monoisotopic (exact) mass is 370 g/mol. The van der Waals surface area contributed by atoms with E-state index in [2.05, 4.69) is 0 Å². The molecule has 0 bridgehead atoms. The van der Waals surface area contributed by atoms with Crippen LogP contribution in [0, 0.1) is 34.1 Å². The van der Waals surface area contributed by atoms with Gasteiger partial charge in [0.15, 0.2) is 23.3 Å². The SMILES string of the molecule is CC1(C)C(C)(C(=O)O)C1(C=C(Cl)Cl)c1c(F)c(F)cc(F)c1F. The average molecular weight is 371 g/mol. The van der Waals surface area contributed by atoms with Gasteiger partial charge in [-0.1, -0.05) is 37.0 Å². The van der Waals surface area contributed by atoms with Gasteiger partial charge in [0.05, 0.1) is 5.41 Å². The lowest BCUT2D eigenvalue weighted by molar-refractivity contribution is -0.144. The number of carboxylic acid groups (broad SMARTS) is 1. The van der Waals surface area contributed by atoms with Crippen LogP contribution in [0.3, 0.4) is 0 Å². The summed E-state index contributed by atoms with van der Waals surface area (Å²) >= 11 is 11.2. The van der Waals surface area contributed by atoms with E-state index in [4.69, 9.17) is 23.2 Å². The molecule has 1 saturated carbocycles. The van der Waals surface area contributed by atoms with Gasteiger partial charge in [0.1, 0.15) is 4.49 Å². The van der Waals surface area contributed by atoms with E-state index in [1.54, 1.807) is 0 Å². The average Bonchev–Trinajstić information content (AvgIpc) is 2.78. The van der Waals surface area contributed by atoms with Crippen molar-refractivity contribution in [1.82, 2.24) is 0 Å². The first kappa shape index (κ1) is 18.1. The van der Waals surface area contributed by atoms with E-state index in [-0.39, 0.29) is 6.07 Å². The van der Waals surface area contributed by atoms with Crippen LogP contribution in [-0.2, 0) is 10.2 Å². The van der Waals surface area contributed by atoms with Gasteiger partial charge >= 0.3 is 5.97 Å². The topological polar surface area (TPSA) is 37.3 Å². The third-order valence-electron chi connectivity index (χ3n) is 5.22. The molecule has 1 fully saturated rings. The van der Waals surface area contributed by atoms with Crippen molar-refractivity contribution in [3.8, 4) is 0 Å². The van der Waals surface area contributed by atoms with Crippen molar-refractivity contribution in [3.05, 3.63) is 45.5 Å². The van der Waals surface area contributed by atoms with Crippen LogP contribution in [0.2, 0.25) is 0 Å². The fourth-order valence-electron chi connectivity index (χ4n) is 3.61. The summed E-state index contributed by atoms with van der Waals surface area (Å²) in [4.78, 5) is 11.7. The van der Waals surface area contributed by atoms with E-state index < -0.39 is 55.5 Å². The Hall–Kier alpha value is -1.27. The Bertz CT molecular complexity index is 717. The Labute approximate surface area is 139 Å². The molecule has 0 aromatic heterocycles. The summed E-state index contributed by atoms with van der Waals surface area (Å²) in [5, 5.41) is 9.53. The molecule has 126 valence electrons. The zero-order valence-electron chi connectivity index (χ0n) is 12.3. The van der Waals surface area contributed by atoms with Crippen molar-refractivity contribution in [2.24, 2.45) is 10.8 Å². The lowest BCUT2D eigenvalue weighted by Crippen LogP contribution is -2.25. The molecule has 0 spiro atoms. The van der Waals surface area contributed by atoms with Crippen LogP contribution in [0.5, 0.6) is 0 Å². The number of rotatable bonds is 3. The van der Waals surface area contributed by atoms with Crippen LogP contribution in [0.4, 0.5) is 17.6 Å². The molecular weight excluding hydrogens is 359 g/mol. The number of carbonyl (C=O) groups is 1. The lowest BCUT2D eigenvalue weighted by Gasteiger charge is -2.20. The van der Waals surface area contributed by atoms with Gasteiger partial charge in [-0.25, -0.2) is 17.6 Å².